The molecule has 1 fully saturated rings. The number of sulfonamides is 1. The molecule has 2 aliphatic carbocycles. The molecule has 1 aromatic carbocycles. The largest absolute Gasteiger partial charge is 0.486 e. The van der Waals surface area contributed by atoms with Gasteiger partial charge in [0.05, 0.1) is 18.4 Å². The first-order valence-electron chi connectivity index (χ1n) is 10.7. The fraction of sp³-hybridized carbons (Fsp3) is 0.435. The van der Waals surface area contributed by atoms with Gasteiger partial charge in [0.25, 0.3) is 0 Å². The molecule has 0 saturated heterocycles. The second-order valence-corrected chi connectivity index (χ2v) is 10.6. The molecule has 31 heavy (non-hydrogen) atoms. The molecule has 2 aromatic rings. The van der Waals surface area contributed by atoms with E-state index in [-0.39, 0.29) is 28.4 Å². The highest BCUT2D eigenvalue weighted by Crippen LogP contribution is 2.29. The molecule has 8 heteroatoms. The van der Waals surface area contributed by atoms with Crippen molar-refractivity contribution in [1.29, 1.82) is 0 Å². The van der Waals surface area contributed by atoms with Crippen molar-refractivity contribution in [1.82, 2.24) is 9.62 Å². The third-order valence-electron chi connectivity index (χ3n) is 6.04. The molecule has 5 rings (SSSR count). The zero-order valence-electron chi connectivity index (χ0n) is 17.2. The third-order valence-corrected chi connectivity index (χ3v) is 8.02. The van der Waals surface area contributed by atoms with Gasteiger partial charge in [0, 0.05) is 31.1 Å². The van der Waals surface area contributed by atoms with Gasteiger partial charge in [-0.2, -0.15) is 0 Å². The number of fused-ring (bicyclic) bond motifs is 1. The standard InChI is InChI=1S/C23H26N2O5S/c26-22-10-20(13-25-11-17-3-1-2-4-18(17)12-25)29-15-23(22)30-14-16-5-6-19(9-16)24-31(27,28)21-7-8-21/h1-6,10,15-16,19,21,24H,7-9,11-14H2/t16-,19+/m0/s1. The molecule has 2 atom stereocenters. The molecule has 1 saturated carbocycles. The Bertz CT molecular complexity index is 1130. The Labute approximate surface area is 181 Å². The molecule has 0 amide bonds. The number of hydrogen-bond acceptors (Lipinski definition) is 6. The van der Waals surface area contributed by atoms with Crippen LogP contribution in [0.4, 0.5) is 0 Å². The van der Waals surface area contributed by atoms with Crippen LogP contribution in [0.1, 0.15) is 36.1 Å². The normalized spacial score (nSPS) is 23.2. The Hall–Kier alpha value is -2.42. The van der Waals surface area contributed by atoms with Gasteiger partial charge in [0.2, 0.25) is 21.2 Å². The number of benzene rings is 1. The predicted molar refractivity (Wildman–Crippen MR) is 116 cm³/mol. The summed E-state index contributed by atoms with van der Waals surface area (Å²) in [5, 5.41) is -0.228. The highest BCUT2D eigenvalue weighted by Gasteiger charge is 2.37. The molecule has 0 spiro atoms. The summed E-state index contributed by atoms with van der Waals surface area (Å²) in [5.41, 5.74) is 2.42. The summed E-state index contributed by atoms with van der Waals surface area (Å²) in [6, 6.07) is 9.62. The summed E-state index contributed by atoms with van der Waals surface area (Å²) < 4.78 is 38.2. The van der Waals surface area contributed by atoms with Crippen molar-refractivity contribution in [3.05, 3.63) is 75.9 Å². The minimum atomic E-state index is -3.21. The number of ether oxygens (including phenoxy) is 1. The van der Waals surface area contributed by atoms with E-state index in [1.807, 2.05) is 24.3 Å². The van der Waals surface area contributed by atoms with Crippen molar-refractivity contribution >= 4 is 10.0 Å². The Kier molecular flexibility index (Phi) is 5.45. The van der Waals surface area contributed by atoms with Gasteiger partial charge in [0.15, 0.2) is 0 Å². The lowest BCUT2D eigenvalue weighted by Gasteiger charge is -2.15. The van der Waals surface area contributed by atoms with E-state index in [0.29, 0.717) is 25.3 Å². The molecule has 1 aliphatic heterocycles. The number of rotatable bonds is 8. The quantitative estimate of drug-likeness (QED) is 0.632. The lowest BCUT2D eigenvalue weighted by molar-refractivity contribution is 0.236. The van der Waals surface area contributed by atoms with Crippen molar-refractivity contribution in [2.45, 2.75) is 50.2 Å². The Morgan fingerprint density at radius 1 is 1.13 bits per heavy atom. The molecule has 2 heterocycles. The fourth-order valence-corrected chi connectivity index (χ4v) is 5.78. The van der Waals surface area contributed by atoms with E-state index in [1.165, 1.54) is 23.5 Å². The van der Waals surface area contributed by atoms with Crippen LogP contribution in [0, 0.1) is 5.92 Å². The van der Waals surface area contributed by atoms with Crippen LogP contribution in [0.3, 0.4) is 0 Å². The van der Waals surface area contributed by atoms with E-state index in [9.17, 15) is 13.2 Å². The highest BCUT2D eigenvalue weighted by molar-refractivity contribution is 7.90. The number of nitrogens with zero attached hydrogens (tertiary/aromatic N) is 1. The van der Waals surface area contributed by atoms with E-state index in [4.69, 9.17) is 9.15 Å². The van der Waals surface area contributed by atoms with E-state index in [1.54, 1.807) is 0 Å². The zero-order chi connectivity index (χ0) is 21.4. The van der Waals surface area contributed by atoms with Crippen molar-refractivity contribution in [2.24, 2.45) is 5.92 Å². The molecule has 0 bridgehead atoms. The average Bonchev–Trinajstić information content (AvgIpc) is 3.40. The van der Waals surface area contributed by atoms with Crippen molar-refractivity contribution in [3.8, 4) is 5.75 Å². The minimum absolute atomic E-state index is 0.0501. The average molecular weight is 443 g/mol. The van der Waals surface area contributed by atoms with Gasteiger partial charge < -0.3 is 9.15 Å². The maximum absolute atomic E-state index is 12.5. The molecule has 164 valence electrons. The van der Waals surface area contributed by atoms with Gasteiger partial charge in [0.1, 0.15) is 12.0 Å². The maximum atomic E-state index is 12.5. The fourth-order valence-electron chi connectivity index (χ4n) is 4.23. The summed E-state index contributed by atoms with van der Waals surface area (Å²) in [5.74, 6) is 0.846. The lowest BCUT2D eigenvalue weighted by atomic mass is 10.1. The van der Waals surface area contributed by atoms with E-state index in [0.717, 1.165) is 25.9 Å². The summed E-state index contributed by atoms with van der Waals surface area (Å²) in [6.45, 7) is 2.57. The monoisotopic (exact) mass is 442 g/mol. The van der Waals surface area contributed by atoms with E-state index >= 15 is 0 Å². The maximum Gasteiger partial charge on any atom is 0.227 e. The molecule has 0 unspecified atom stereocenters. The van der Waals surface area contributed by atoms with Gasteiger partial charge in [-0.1, -0.05) is 36.4 Å². The van der Waals surface area contributed by atoms with Crippen LogP contribution < -0.4 is 14.9 Å². The van der Waals surface area contributed by atoms with Gasteiger partial charge in [-0.25, -0.2) is 13.1 Å². The summed E-state index contributed by atoms with van der Waals surface area (Å²) in [4.78, 5) is 14.7. The van der Waals surface area contributed by atoms with Gasteiger partial charge >= 0.3 is 0 Å². The van der Waals surface area contributed by atoms with E-state index in [2.05, 4.69) is 21.8 Å². The highest BCUT2D eigenvalue weighted by atomic mass is 32.2. The molecule has 7 nitrogen and oxygen atoms in total. The minimum Gasteiger partial charge on any atom is -0.486 e. The van der Waals surface area contributed by atoms with Crippen molar-refractivity contribution < 1.29 is 17.6 Å². The van der Waals surface area contributed by atoms with Crippen LogP contribution in [-0.4, -0.2) is 31.2 Å². The van der Waals surface area contributed by atoms with Gasteiger partial charge in [-0.05, 0) is 30.4 Å². The number of hydrogen-bond donors (Lipinski definition) is 1. The van der Waals surface area contributed by atoms with Gasteiger partial charge in [-0.15, -0.1) is 0 Å². The number of nitrogens with one attached hydrogen (secondary N) is 1. The van der Waals surface area contributed by atoms with Crippen LogP contribution in [0.5, 0.6) is 5.75 Å². The van der Waals surface area contributed by atoms with E-state index < -0.39 is 10.0 Å². The summed E-state index contributed by atoms with van der Waals surface area (Å²) in [6.07, 6.45) is 7.32. The van der Waals surface area contributed by atoms with Crippen molar-refractivity contribution in [3.63, 3.8) is 0 Å². The van der Waals surface area contributed by atoms with Crippen LogP contribution in [-0.2, 0) is 29.7 Å². The van der Waals surface area contributed by atoms with Crippen LogP contribution in [0.15, 0.2) is 58.0 Å². The van der Waals surface area contributed by atoms with Crippen LogP contribution in [0.25, 0.3) is 0 Å². The molecule has 1 aromatic heterocycles. The van der Waals surface area contributed by atoms with Gasteiger partial charge in [-0.3, -0.25) is 9.69 Å². The second-order valence-electron chi connectivity index (χ2n) is 8.65. The SMILES string of the molecule is O=c1cc(CN2Cc3ccccc3C2)occ1OC[C@H]1C=C[C@@H](NS(=O)(=O)C2CC2)C1. The molecular formula is C23H26N2O5S. The smallest absolute Gasteiger partial charge is 0.227 e. The zero-order valence-corrected chi connectivity index (χ0v) is 18.0. The molecule has 0 radical (unpaired) electrons. The van der Waals surface area contributed by atoms with Crippen molar-refractivity contribution in [2.75, 3.05) is 6.61 Å². The first kappa shape index (κ1) is 20.5. The third kappa shape index (κ3) is 4.76. The Morgan fingerprint density at radius 3 is 2.55 bits per heavy atom. The Balaban J connectivity index is 1.12. The van der Waals surface area contributed by atoms with Crippen LogP contribution in [0.2, 0.25) is 0 Å². The first-order chi connectivity index (χ1) is 15.0. The summed E-state index contributed by atoms with van der Waals surface area (Å²) >= 11 is 0. The molecule has 3 aliphatic rings. The molecular weight excluding hydrogens is 416 g/mol. The summed E-state index contributed by atoms with van der Waals surface area (Å²) in [7, 11) is -3.21. The second kappa shape index (κ2) is 8.26. The topological polar surface area (TPSA) is 88.8 Å². The molecule has 1 N–H and O–H groups in total. The first-order valence-corrected chi connectivity index (χ1v) is 12.2. The Morgan fingerprint density at radius 2 is 1.87 bits per heavy atom. The van der Waals surface area contributed by atoms with Crippen LogP contribution >= 0.6 is 0 Å². The predicted octanol–water partition coefficient (Wildman–Crippen LogP) is 2.56. The lowest BCUT2D eigenvalue weighted by Crippen LogP contribution is -2.35.